The summed E-state index contributed by atoms with van der Waals surface area (Å²) in [5, 5.41) is 0. The number of methoxy groups -OCH3 is 1. The van der Waals surface area contributed by atoms with Crippen molar-refractivity contribution in [1.29, 1.82) is 0 Å². The highest BCUT2D eigenvalue weighted by atomic mass is 19.4. The van der Waals surface area contributed by atoms with Gasteiger partial charge in [-0.05, 0) is 33.8 Å². The molecule has 0 unspecified atom stereocenters. The molecular formula is C15H20BF3NO4-. The molecule has 134 valence electrons. The molecule has 0 N–H and O–H groups in total. The predicted molar refractivity (Wildman–Crippen MR) is 85.9 cm³/mol. The zero-order valence-corrected chi connectivity index (χ0v) is 14.4. The van der Waals surface area contributed by atoms with E-state index in [1.165, 1.54) is 20.0 Å². The summed E-state index contributed by atoms with van der Waals surface area (Å²) in [5.41, 5.74) is -2.29. The third kappa shape index (κ3) is 4.66. The second-order valence-electron chi connectivity index (χ2n) is 6.32. The fourth-order valence-electron chi connectivity index (χ4n) is 2.07. The van der Waals surface area contributed by atoms with Gasteiger partial charge in [-0.3, -0.25) is 4.90 Å². The summed E-state index contributed by atoms with van der Waals surface area (Å²) in [4.78, 5) is 24.7. The lowest BCUT2D eigenvalue weighted by Gasteiger charge is -2.28. The molecule has 0 aliphatic rings. The molecule has 5 nitrogen and oxygen atoms in total. The maximum atomic E-state index is 13.3. The van der Waals surface area contributed by atoms with Gasteiger partial charge in [-0.1, -0.05) is 11.6 Å². The van der Waals surface area contributed by atoms with Crippen molar-refractivity contribution in [2.75, 3.05) is 19.1 Å². The predicted octanol–water partition coefficient (Wildman–Crippen LogP) is 3.21. The Kier molecular flexibility index (Phi) is 5.58. The second kappa shape index (κ2) is 6.74. The molecule has 24 heavy (non-hydrogen) atoms. The minimum atomic E-state index is -5.37. The summed E-state index contributed by atoms with van der Waals surface area (Å²) in [6.45, 7) is 0.785. The fraction of sp³-hybridized carbons (Fsp3) is 0.467. The van der Waals surface area contributed by atoms with Crippen molar-refractivity contribution in [3.8, 4) is 0 Å². The normalized spacial score (nSPS) is 11.9. The van der Waals surface area contributed by atoms with E-state index in [4.69, 9.17) is 4.74 Å². The maximum Gasteiger partial charge on any atom is 0.509 e. The number of benzene rings is 1. The van der Waals surface area contributed by atoms with Crippen molar-refractivity contribution >= 4 is 30.2 Å². The van der Waals surface area contributed by atoms with Crippen LogP contribution < -0.4 is 10.4 Å². The third-order valence-electron chi connectivity index (χ3n) is 3.22. The van der Waals surface area contributed by atoms with E-state index in [1.807, 2.05) is 0 Å². The Bertz CT molecular complexity index is 653. The average Bonchev–Trinajstić information content (AvgIpc) is 2.42. The molecule has 9 heteroatoms. The standard InChI is InChI=1S/C15H20BF3NO4/c1-9-11(16(17,18)19)7-10(13(21)23-6)8-12(9)20(5)14(22)24-15(2,3)4/h7-8H,1-6H3/q-1. The van der Waals surface area contributed by atoms with E-state index >= 15 is 0 Å². The minimum Gasteiger partial charge on any atom is -0.465 e. The number of carbonyl (C=O) groups is 2. The summed E-state index contributed by atoms with van der Waals surface area (Å²) >= 11 is 0. The second-order valence-corrected chi connectivity index (χ2v) is 6.32. The number of rotatable bonds is 3. The number of amides is 1. The van der Waals surface area contributed by atoms with Gasteiger partial charge in [0.05, 0.1) is 12.7 Å². The quantitative estimate of drug-likeness (QED) is 0.623. The number of carbonyl (C=O) groups excluding carboxylic acids is 2. The zero-order chi connectivity index (χ0) is 18.9. The lowest BCUT2D eigenvalue weighted by atomic mass is 9.75. The highest BCUT2D eigenvalue weighted by Gasteiger charge is 2.31. The van der Waals surface area contributed by atoms with Gasteiger partial charge in [0, 0.05) is 12.7 Å². The molecule has 0 fully saturated rings. The van der Waals surface area contributed by atoms with Gasteiger partial charge in [0.1, 0.15) is 5.60 Å². The van der Waals surface area contributed by atoms with Gasteiger partial charge < -0.3 is 22.4 Å². The van der Waals surface area contributed by atoms with E-state index in [-0.39, 0.29) is 16.8 Å². The molecule has 0 aliphatic heterocycles. The largest absolute Gasteiger partial charge is 0.509 e. The average molecular weight is 346 g/mol. The van der Waals surface area contributed by atoms with Crippen LogP contribution in [0, 0.1) is 6.92 Å². The Balaban J connectivity index is 3.46. The van der Waals surface area contributed by atoms with Gasteiger partial charge >= 0.3 is 19.0 Å². The van der Waals surface area contributed by atoms with Crippen molar-refractivity contribution in [3.05, 3.63) is 23.3 Å². The molecule has 0 saturated carbocycles. The Morgan fingerprint density at radius 1 is 1.17 bits per heavy atom. The van der Waals surface area contributed by atoms with Crippen LogP contribution in [-0.4, -0.2) is 38.8 Å². The molecule has 0 aromatic heterocycles. The van der Waals surface area contributed by atoms with Crippen LogP contribution in [-0.2, 0) is 9.47 Å². The Labute approximate surface area is 138 Å². The topological polar surface area (TPSA) is 55.8 Å². The van der Waals surface area contributed by atoms with E-state index < -0.39 is 30.1 Å². The van der Waals surface area contributed by atoms with Crippen molar-refractivity contribution in [3.63, 3.8) is 0 Å². The van der Waals surface area contributed by atoms with E-state index in [0.29, 0.717) is 0 Å². The van der Waals surface area contributed by atoms with E-state index in [9.17, 15) is 22.5 Å². The number of esters is 1. The SMILES string of the molecule is COC(=O)c1cc(N(C)C(=O)OC(C)(C)C)c(C)c([B-](F)(F)F)c1. The molecule has 0 atom stereocenters. The molecule has 0 radical (unpaired) electrons. The van der Waals surface area contributed by atoms with Gasteiger partial charge in [0.25, 0.3) is 0 Å². The van der Waals surface area contributed by atoms with Crippen molar-refractivity contribution < 1.29 is 32.0 Å². The Hall–Kier alpha value is -2.19. The molecule has 0 bridgehead atoms. The van der Waals surface area contributed by atoms with Gasteiger partial charge in [-0.25, -0.2) is 9.59 Å². The molecule has 1 amide bonds. The van der Waals surface area contributed by atoms with E-state index in [0.717, 1.165) is 18.1 Å². The van der Waals surface area contributed by atoms with Gasteiger partial charge in [-0.2, -0.15) is 0 Å². The summed E-state index contributed by atoms with van der Waals surface area (Å²) in [7, 11) is 2.35. The molecule has 0 aliphatic carbocycles. The number of hydrogen-bond donors (Lipinski definition) is 0. The Morgan fingerprint density at radius 2 is 1.71 bits per heavy atom. The van der Waals surface area contributed by atoms with Crippen LogP contribution >= 0.6 is 0 Å². The van der Waals surface area contributed by atoms with Crippen molar-refractivity contribution in [1.82, 2.24) is 0 Å². The van der Waals surface area contributed by atoms with Crippen LogP contribution in [0.1, 0.15) is 36.7 Å². The number of ether oxygens (including phenoxy) is 2. The first-order valence-electron chi connectivity index (χ1n) is 7.17. The fourth-order valence-corrected chi connectivity index (χ4v) is 2.07. The third-order valence-corrected chi connectivity index (χ3v) is 3.22. The van der Waals surface area contributed by atoms with Crippen LogP contribution in [0.15, 0.2) is 12.1 Å². The molecule has 1 aromatic carbocycles. The van der Waals surface area contributed by atoms with Crippen LogP contribution in [0.4, 0.5) is 23.4 Å². The van der Waals surface area contributed by atoms with Crippen LogP contribution in [0.2, 0.25) is 0 Å². The van der Waals surface area contributed by atoms with Gasteiger partial charge in [0.2, 0.25) is 0 Å². The van der Waals surface area contributed by atoms with Gasteiger partial charge in [0.15, 0.2) is 0 Å². The first-order valence-corrected chi connectivity index (χ1v) is 7.17. The minimum absolute atomic E-state index is 0.0682. The molecule has 0 saturated heterocycles. The van der Waals surface area contributed by atoms with Gasteiger partial charge in [-0.15, -0.1) is 5.46 Å². The zero-order valence-electron chi connectivity index (χ0n) is 14.4. The number of anilines is 1. The highest BCUT2D eigenvalue weighted by Crippen LogP contribution is 2.25. The number of hydrogen-bond acceptors (Lipinski definition) is 4. The summed E-state index contributed by atoms with van der Waals surface area (Å²) in [6.07, 6.45) is -0.826. The molecule has 0 heterocycles. The lowest BCUT2D eigenvalue weighted by molar-refractivity contribution is 0.0579. The molecule has 1 rings (SSSR count). The van der Waals surface area contributed by atoms with E-state index in [1.54, 1.807) is 20.8 Å². The monoisotopic (exact) mass is 346 g/mol. The van der Waals surface area contributed by atoms with Crippen molar-refractivity contribution in [2.24, 2.45) is 0 Å². The first-order chi connectivity index (χ1) is 10.8. The lowest BCUT2D eigenvalue weighted by Crippen LogP contribution is -2.40. The summed E-state index contributed by atoms with van der Waals surface area (Å²) in [6, 6.07) is 1.91. The number of nitrogens with zero attached hydrogens (tertiary/aromatic N) is 1. The summed E-state index contributed by atoms with van der Waals surface area (Å²) in [5.74, 6) is -0.921. The van der Waals surface area contributed by atoms with Crippen molar-refractivity contribution in [2.45, 2.75) is 33.3 Å². The maximum absolute atomic E-state index is 13.3. The van der Waals surface area contributed by atoms with Crippen LogP contribution in [0.5, 0.6) is 0 Å². The molecular weight excluding hydrogens is 326 g/mol. The summed E-state index contributed by atoms with van der Waals surface area (Å²) < 4.78 is 49.5. The smallest absolute Gasteiger partial charge is 0.465 e. The Morgan fingerprint density at radius 3 is 2.12 bits per heavy atom. The number of halogens is 3. The molecule has 0 spiro atoms. The molecule has 1 aromatic rings. The first kappa shape index (κ1) is 19.9. The van der Waals surface area contributed by atoms with Crippen LogP contribution in [0.25, 0.3) is 0 Å². The van der Waals surface area contributed by atoms with Crippen LogP contribution in [0.3, 0.4) is 0 Å². The van der Waals surface area contributed by atoms with E-state index in [2.05, 4.69) is 4.74 Å². The highest BCUT2D eigenvalue weighted by molar-refractivity contribution is 6.74.